The molecule has 0 aliphatic heterocycles. The van der Waals surface area contributed by atoms with Gasteiger partial charge in [-0.1, -0.05) is 28.8 Å². The SMILES string of the molecule is CC(C)(O)CCCCC[N+](C)(C)CCCCCCBr. The highest BCUT2D eigenvalue weighted by Crippen LogP contribution is 2.14. The summed E-state index contributed by atoms with van der Waals surface area (Å²) in [5.74, 6) is 0. The number of alkyl halides is 1. The van der Waals surface area contributed by atoms with E-state index in [4.69, 9.17) is 0 Å². The third-order valence-electron chi connectivity index (χ3n) is 3.70. The third kappa shape index (κ3) is 14.6. The van der Waals surface area contributed by atoms with Crippen LogP contribution >= 0.6 is 15.9 Å². The number of aliphatic hydroxyl groups is 1. The first-order chi connectivity index (χ1) is 8.77. The molecule has 0 rings (SSSR count). The van der Waals surface area contributed by atoms with Gasteiger partial charge >= 0.3 is 0 Å². The lowest BCUT2D eigenvalue weighted by Crippen LogP contribution is -2.41. The van der Waals surface area contributed by atoms with Crippen molar-refractivity contribution in [2.75, 3.05) is 32.5 Å². The van der Waals surface area contributed by atoms with Gasteiger partial charge in [0.15, 0.2) is 0 Å². The van der Waals surface area contributed by atoms with Crippen LogP contribution in [0.15, 0.2) is 0 Å². The van der Waals surface area contributed by atoms with Crippen LogP contribution in [0, 0.1) is 0 Å². The summed E-state index contributed by atoms with van der Waals surface area (Å²) in [7, 11) is 4.70. The van der Waals surface area contributed by atoms with E-state index < -0.39 is 5.60 Å². The molecule has 0 bridgehead atoms. The van der Waals surface area contributed by atoms with Crippen molar-refractivity contribution in [3.8, 4) is 0 Å². The van der Waals surface area contributed by atoms with Gasteiger partial charge in [-0.25, -0.2) is 0 Å². The maximum absolute atomic E-state index is 9.66. The van der Waals surface area contributed by atoms with Crippen LogP contribution in [0.4, 0.5) is 0 Å². The summed E-state index contributed by atoms with van der Waals surface area (Å²) in [6.45, 7) is 6.37. The highest BCUT2D eigenvalue weighted by molar-refractivity contribution is 9.09. The fourth-order valence-electron chi connectivity index (χ4n) is 2.37. The molecule has 0 aliphatic rings. The summed E-state index contributed by atoms with van der Waals surface area (Å²) in [4.78, 5) is 0. The summed E-state index contributed by atoms with van der Waals surface area (Å²) in [5.41, 5.74) is -0.486. The Morgan fingerprint density at radius 3 is 1.79 bits per heavy atom. The van der Waals surface area contributed by atoms with Crippen molar-refractivity contribution in [1.82, 2.24) is 0 Å². The molecule has 0 aromatic heterocycles. The Balaban J connectivity index is 3.51. The van der Waals surface area contributed by atoms with Gasteiger partial charge in [0.25, 0.3) is 0 Å². The van der Waals surface area contributed by atoms with Crippen LogP contribution in [0.3, 0.4) is 0 Å². The van der Waals surface area contributed by atoms with Crippen LogP contribution in [-0.4, -0.2) is 47.7 Å². The molecule has 0 fully saturated rings. The van der Waals surface area contributed by atoms with Gasteiger partial charge in [0.2, 0.25) is 0 Å². The van der Waals surface area contributed by atoms with Crippen LogP contribution in [0.1, 0.15) is 65.2 Å². The first kappa shape index (κ1) is 19.4. The molecule has 0 heterocycles. The van der Waals surface area contributed by atoms with Crippen LogP contribution in [0.2, 0.25) is 0 Å². The van der Waals surface area contributed by atoms with E-state index in [2.05, 4.69) is 30.0 Å². The fraction of sp³-hybridized carbons (Fsp3) is 1.00. The summed E-state index contributed by atoms with van der Waals surface area (Å²) in [5, 5.41) is 10.8. The molecule has 0 aromatic carbocycles. The van der Waals surface area contributed by atoms with Gasteiger partial charge in [-0.05, 0) is 52.4 Å². The smallest absolute Gasteiger partial charge is 0.0782 e. The monoisotopic (exact) mass is 336 g/mol. The molecule has 0 radical (unpaired) electrons. The van der Waals surface area contributed by atoms with E-state index in [0.29, 0.717) is 0 Å². The quantitative estimate of drug-likeness (QED) is 0.319. The molecule has 3 heteroatoms. The topological polar surface area (TPSA) is 20.2 Å². The molecule has 116 valence electrons. The zero-order valence-electron chi connectivity index (χ0n) is 13.6. The maximum Gasteiger partial charge on any atom is 0.0782 e. The molecule has 0 unspecified atom stereocenters. The van der Waals surface area contributed by atoms with Gasteiger partial charge in [0.1, 0.15) is 0 Å². The summed E-state index contributed by atoms with van der Waals surface area (Å²) in [6, 6.07) is 0. The van der Waals surface area contributed by atoms with Gasteiger partial charge in [-0.15, -0.1) is 0 Å². The molecule has 2 nitrogen and oxygen atoms in total. The van der Waals surface area contributed by atoms with Gasteiger partial charge < -0.3 is 9.59 Å². The number of nitrogens with zero attached hydrogens (tertiary/aromatic N) is 1. The molecule has 1 N–H and O–H groups in total. The Kier molecular flexibility index (Phi) is 10.4. The zero-order chi connectivity index (χ0) is 14.8. The molecule has 0 atom stereocenters. The highest BCUT2D eigenvalue weighted by atomic mass is 79.9. The highest BCUT2D eigenvalue weighted by Gasteiger charge is 2.15. The van der Waals surface area contributed by atoms with Gasteiger partial charge in [-0.3, -0.25) is 0 Å². The predicted octanol–water partition coefficient (Wildman–Crippen LogP) is 4.35. The number of unbranched alkanes of at least 4 members (excludes halogenated alkanes) is 5. The van der Waals surface area contributed by atoms with Crippen molar-refractivity contribution >= 4 is 15.9 Å². The largest absolute Gasteiger partial charge is 0.390 e. The van der Waals surface area contributed by atoms with Crippen LogP contribution in [0.5, 0.6) is 0 Å². The normalized spacial score (nSPS) is 12.9. The Bertz CT molecular complexity index is 211. The zero-order valence-corrected chi connectivity index (χ0v) is 15.1. The van der Waals surface area contributed by atoms with Crippen molar-refractivity contribution in [2.24, 2.45) is 0 Å². The minimum Gasteiger partial charge on any atom is -0.390 e. The molecule has 19 heavy (non-hydrogen) atoms. The first-order valence-corrected chi connectivity index (χ1v) is 8.99. The second-order valence-corrected chi connectivity index (χ2v) is 7.90. The first-order valence-electron chi connectivity index (χ1n) is 7.87. The van der Waals surface area contributed by atoms with E-state index in [-0.39, 0.29) is 0 Å². The second kappa shape index (κ2) is 10.2. The Hall–Kier alpha value is 0.400. The molecular formula is C16H35BrNO+. The second-order valence-electron chi connectivity index (χ2n) is 7.11. The minimum absolute atomic E-state index is 0.486. The van der Waals surface area contributed by atoms with Crippen LogP contribution in [-0.2, 0) is 0 Å². The molecule has 0 aliphatic carbocycles. The number of hydrogen-bond donors (Lipinski definition) is 1. The molecule has 0 saturated carbocycles. The van der Waals surface area contributed by atoms with E-state index in [1.165, 1.54) is 51.6 Å². The van der Waals surface area contributed by atoms with Gasteiger partial charge in [0, 0.05) is 5.33 Å². The average Bonchev–Trinajstić information content (AvgIpc) is 2.26. The lowest BCUT2D eigenvalue weighted by atomic mass is 10.0. The van der Waals surface area contributed by atoms with Crippen molar-refractivity contribution in [3.63, 3.8) is 0 Å². The summed E-state index contributed by atoms with van der Waals surface area (Å²) >= 11 is 3.48. The average molecular weight is 337 g/mol. The lowest BCUT2D eigenvalue weighted by Gasteiger charge is -2.30. The van der Waals surface area contributed by atoms with Gasteiger partial charge in [0.05, 0.1) is 32.8 Å². The Labute approximate surface area is 129 Å². The van der Waals surface area contributed by atoms with Gasteiger partial charge in [-0.2, -0.15) is 0 Å². The van der Waals surface area contributed by atoms with Crippen molar-refractivity contribution in [1.29, 1.82) is 0 Å². The fourth-order valence-corrected chi connectivity index (χ4v) is 2.77. The molecule has 0 saturated heterocycles. The summed E-state index contributed by atoms with van der Waals surface area (Å²) in [6.07, 6.45) is 9.98. The van der Waals surface area contributed by atoms with E-state index in [1.54, 1.807) is 0 Å². The Morgan fingerprint density at radius 2 is 1.32 bits per heavy atom. The van der Waals surface area contributed by atoms with Crippen molar-refractivity contribution in [3.05, 3.63) is 0 Å². The molecule has 0 spiro atoms. The molecule has 0 amide bonds. The van der Waals surface area contributed by atoms with E-state index in [1.807, 2.05) is 13.8 Å². The maximum atomic E-state index is 9.66. The van der Waals surface area contributed by atoms with E-state index in [0.717, 1.165) is 22.7 Å². The van der Waals surface area contributed by atoms with Crippen LogP contribution in [0.25, 0.3) is 0 Å². The van der Waals surface area contributed by atoms with E-state index in [9.17, 15) is 5.11 Å². The lowest BCUT2D eigenvalue weighted by molar-refractivity contribution is -0.890. The third-order valence-corrected chi connectivity index (χ3v) is 4.26. The number of hydrogen-bond acceptors (Lipinski definition) is 1. The summed E-state index contributed by atoms with van der Waals surface area (Å²) < 4.78 is 1.15. The number of halogens is 1. The van der Waals surface area contributed by atoms with E-state index >= 15 is 0 Å². The predicted molar refractivity (Wildman–Crippen MR) is 88.9 cm³/mol. The standard InChI is InChI=1S/C16H35BrNO/c1-16(2,19)12-8-7-11-15-18(3,4)14-10-6-5-9-13-17/h19H,5-15H2,1-4H3/q+1. The number of quaternary nitrogens is 1. The van der Waals surface area contributed by atoms with Crippen molar-refractivity contribution < 1.29 is 9.59 Å². The number of rotatable bonds is 12. The molecular weight excluding hydrogens is 302 g/mol. The molecule has 0 aromatic rings. The van der Waals surface area contributed by atoms with Crippen molar-refractivity contribution in [2.45, 2.75) is 70.8 Å². The minimum atomic E-state index is -0.486. The Morgan fingerprint density at radius 1 is 0.842 bits per heavy atom. The van der Waals surface area contributed by atoms with Crippen LogP contribution < -0.4 is 0 Å².